The molecule has 0 saturated heterocycles. The van der Waals surface area contributed by atoms with Gasteiger partial charge in [0.05, 0.1) is 0 Å². The first-order valence-corrected chi connectivity index (χ1v) is 0.565. The van der Waals surface area contributed by atoms with Gasteiger partial charge in [0.25, 0.3) is 5.09 Å². The number of hydrogen-bond donors (Lipinski definition) is 1. The van der Waals surface area contributed by atoms with Crippen molar-refractivity contribution in [3.8, 4) is 0 Å². The summed E-state index contributed by atoms with van der Waals surface area (Å²) in [5.41, 5.74) is 0. The molecule has 1 N–H and O–H groups in total. The van der Waals surface area contributed by atoms with Crippen molar-refractivity contribution in [2.45, 2.75) is 0 Å². The van der Waals surface area contributed by atoms with Gasteiger partial charge in [-0.25, -0.2) is 0 Å². The zero-order chi connectivity index (χ0) is 3.58. The van der Waals surface area contributed by atoms with Crippen molar-refractivity contribution in [2.75, 3.05) is 0 Å². The molecule has 0 aromatic rings. The van der Waals surface area contributed by atoms with Gasteiger partial charge in [-0.2, -0.15) is 0 Å². The largest absolute Gasteiger partial charge is 0.328 e. The van der Waals surface area contributed by atoms with Gasteiger partial charge in [0.15, 0.2) is 0 Å². The number of rotatable bonds is 0. The normalized spacial score (nSPS) is 4.00. The topological polar surface area (TPSA) is 63.4 Å². The Bertz CT molecular complexity index is 33.8. The molecule has 0 rings (SSSR count). The molecule has 0 aromatic carbocycles. The summed E-state index contributed by atoms with van der Waals surface area (Å²) in [5.74, 6) is 0. The van der Waals surface area contributed by atoms with Crippen molar-refractivity contribution in [3.63, 3.8) is 0 Å². The SMILES string of the molecule is O=[N+]([O-])O.[Co].[Rh]. The Morgan fingerprint density at radius 1 is 1.67 bits per heavy atom. The van der Waals surface area contributed by atoms with Gasteiger partial charge in [-0.15, -0.1) is 10.1 Å². The Morgan fingerprint density at radius 3 is 1.67 bits per heavy atom. The molecule has 42 valence electrons. The van der Waals surface area contributed by atoms with E-state index in [0.29, 0.717) is 0 Å². The fraction of sp³-hybridized carbons (Fsp3) is 0. The van der Waals surface area contributed by atoms with Gasteiger partial charge in [0.2, 0.25) is 0 Å². The van der Waals surface area contributed by atoms with Crippen LogP contribution in [-0.4, -0.2) is 10.3 Å². The predicted molar refractivity (Wildman–Crippen MR) is 8.78 cm³/mol. The summed E-state index contributed by atoms with van der Waals surface area (Å²) in [6, 6.07) is 0. The first-order valence-electron chi connectivity index (χ1n) is 0.565. The monoisotopic (exact) mass is 225 g/mol. The quantitative estimate of drug-likeness (QED) is 0.348. The molecule has 0 amide bonds. The average Bonchev–Trinajstić information content (AvgIpc) is 0.811. The first kappa shape index (κ1) is 16.2. The molecule has 0 spiro atoms. The van der Waals surface area contributed by atoms with Crippen LogP contribution in [0.5, 0.6) is 0 Å². The third kappa shape index (κ3) is 441. The second kappa shape index (κ2) is 9.01. The Morgan fingerprint density at radius 2 is 1.67 bits per heavy atom. The van der Waals surface area contributed by atoms with Crippen LogP contribution in [0.25, 0.3) is 0 Å². The smallest absolute Gasteiger partial charge is 0.291 e. The van der Waals surface area contributed by atoms with Crippen LogP contribution in [-0.2, 0) is 36.3 Å². The zero-order valence-corrected chi connectivity index (χ0v) is 5.06. The van der Waals surface area contributed by atoms with E-state index in [2.05, 4.69) is 0 Å². The molecule has 6 heavy (non-hydrogen) atoms. The summed E-state index contributed by atoms with van der Waals surface area (Å²) < 4.78 is 0. The van der Waals surface area contributed by atoms with Gasteiger partial charge in [-0.3, -0.25) is 0 Å². The van der Waals surface area contributed by atoms with Crippen LogP contribution < -0.4 is 0 Å². The van der Waals surface area contributed by atoms with Crippen LogP contribution >= 0.6 is 0 Å². The van der Waals surface area contributed by atoms with Crippen LogP contribution in [0, 0.1) is 10.1 Å². The zero-order valence-electron chi connectivity index (χ0n) is 2.38. The minimum Gasteiger partial charge on any atom is -0.328 e. The fourth-order valence-electron chi connectivity index (χ4n) is 0. The summed E-state index contributed by atoms with van der Waals surface area (Å²) in [4.78, 5) is 8.36. The number of hydrogen-bond acceptors (Lipinski definition) is 2. The third-order valence-corrected chi connectivity index (χ3v) is 0. The van der Waals surface area contributed by atoms with Gasteiger partial charge in [0.1, 0.15) is 0 Å². The van der Waals surface area contributed by atoms with Gasteiger partial charge in [-0.05, 0) is 0 Å². The Hall–Kier alpha value is 0.330. The van der Waals surface area contributed by atoms with Crippen LogP contribution in [0.1, 0.15) is 0 Å². The van der Waals surface area contributed by atoms with Crippen molar-refractivity contribution in [1.29, 1.82) is 0 Å². The Kier molecular flexibility index (Phi) is 24.4. The fourth-order valence-corrected chi connectivity index (χ4v) is 0. The second-order valence-corrected chi connectivity index (χ2v) is 0.238. The van der Waals surface area contributed by atoms with E-state index in [0.717, 1.165) is 0 Å². The van der Waals surface area contributed by atoms with Gasteiger partial charge >= 0.3 is 0 Å². The average molecular weight is 225 g/mol. The van der Waals surface area contributed by atoms with E-state index in [1.165, 1.54) is 0 Å². The molecule has 0 saturated carbocycles. The van der Waals surface area contributed by atoms with Crippen LogP contribution in [0.2, 0.25) is 0 Å². The van der Waals surface area contributed by atoms with Crippen molar-refractivity contribution >= 4 is 0 Å². The van der Waals surface area contributed by atoms with Crippen LogP contribution in [0.15, 0.2) is 0 Å². The molecule has 0 aliphatic rings. The number of nitrogens with zero attached hydrogens (tertiary/aromatic N) is 1. The van der Waals surface area contributed by atoms with Gasteiger partial charge in [-0.1, -0.05) is 0 Å². The molecule has 0 unspecified atom stereocenters. The van der Waals surface area contributed by atoms with Crippen molar-refractivity contribution < 1.29 is 46.6 Å². The van der Waals surface area contributed by atoms with Crippen molar-refractivity contribution in [1.82, 2.24) is 0 Å². The van der Waals surface area contributed by atoms with Gasteiger partial charge < -0.3 is 5.21 Å². The molecular formula is HCoNO3Rh. The van der Waals surface area contributed by atoms with E-state index >= 15 is 0 Å². The summed E-state index contributed by atoms with van der Waals surface area (Å²) in [5, 5.41) is 13.6. The minimum atomic E-state index is -1.50. The van der Waals surface area contributed by atoms with Crippen molar-refractivity contribution in [3.05, 3.63) is 10.1 Å². The Labute approximate surface area is 57.0 Å². The van der Waals surface area contributed by atoms with E-state index in [4.69, 9.17) is 15.3 Å². The maximum Gasteiger partial charge on any atom is 0.291 e. The first-order chi connectivity index (χ1) is 1.73. The third-order valence-electron chi connectivity index (χ3n) is 0. The molecule has 0 bridgehead atoms. The predicted octanol–water partition coefficient (Wildman–Crippen LogP) is -0.353. The van der Waals surface area contributed by atoms with Crippen molar-refractivity contribution in [2.24, 2.45) is 0 Å². The molecule has 6 heteroatoms. The molecule has 0 heterocycles. The maximum atomic E-state index is 8.36. The molecular weight excluding hydrogens is 224 g/mol. The minimum absolute atomic E-state index is 0. The maximum absolute atomic E-state index is 8.36. The standard InChI is InChI=1S/Co.HNO3.Rh/c;2-1(3)4;/h;(H,2,3,4);. The van der Waals surface area contributed by atoms with E-state index in [1.807, 2.05) is 0 Å². The van der Waals surface area contributed by atoms with Gasteiger partial charge in [0, 0.05) is 36.3 Å². The molecule has 0 aliphatic heterocycles. The van der Waals surface area contributed by atoms with Crippen LogP contribution in [0.3, 0.4) is 0 Å². The summed E-state index contributed by atoms with van der Waals surface area (Å²) in [6.45, 7) is 0. The molecule has 2 radical (unpaired) electrons. The molecule has 0 aliphatic carbocycles. The van der Waals surface area contributed by atoms with E-state index < -0.39 is 5.09 Å². The molecule has 0 aromatic heterocycles. The molecule has 4 nitrogen and oxygen atoms in total. The Balaban J connectivity index is -0.0000000450. The second-order valence-electron chi connectivity index (χ2n) is 0.238. The molecule has 0 fully saturated rings. The molecule has 0 atom stereocenters. The summed E-state index contributed by atoms with van der Waals surface area (Å²) >= 11 is 0. The summed E-state index contributed by atoms with van der Waals surface area (Å²) in [6.07, 6.45) is 0. The van der Waals surface area contributed by atoms with E-state index in [1.54, 1.807) is 0 Å². The van der Waals surface area contributed by atoms with E-state index in [-0.39, 0.29) is 36.3 Å². The van der Waals surface area contributed by atoms with Crippen LogP contribution in [0.4, 0.5) is 0 Å². The summed E-state index contributed by atoms with van der Waals surface area (Å²) in [7, 11) is 0. The van der Waals surface area contributed by atoms with E-state index in [9.17, 15) is 0 Å².